The number of hydrogen-bond donors (Lipinski definition) is 2. The number of aliphatic hydroxyl groups is 1. The van der Waals surface area contributed by atoms with Crippen molar-refractivity contribution in [2.75, 3.05) is 6.61 Å². The van der Waals surface area contributed by atoms with E-state index in [-0.39, 0.29) is 36.2 Å². The molecule has 1 aromatic rings. The van der Waals surface area contributed by atoms with Gasteiger partial charge in [-0.05, 0) is 38.5 Å². The fourth-order valence-electron chi connectivity index (χ4n) is 3.14. The van der Waals surface area contributed by atoms with Crippen LogP contribution >= 0.6 is 23.2 Å². The van der Waals surface area contributed by atoms with Crippen molar-refractivity contribution in [2.24, 2.45) is 11.7 Å². The number of hydrogen-bond acceptors (Lipinski definition) is 4. The maximum Gasteiger partial charge on any atom is 0.186 e. The number of nitrogens with one attached hydrogen (secondary N) is 1. The molecule has 0 amide bonds. The van der Waals surface area contributed by atoms with Gasteiger partial charge in [-0.3, -0.25) is 4.79 Å². The van der Waals surface area contributed by atoms with Gasteiger partial charge in [-0.1, -0.05) is 23.2 Å². The van der Waals surface area contributed by atoms with Gasteiger partial charge in [0.05, 0.1) is 24.5 Å². The molecule has 0 unspecified atom stereocenters. The van der Waals surface area contributed by atoms with Crippen molar-refractivity contribution in [1.82, 2.24) is 0 Å². The smallest absolute Gasteiger partial charge is 0.186 e. The Morgan fingerprint density at radius 1 is 1.16 bits per heavy atom. The van der Waals surface area contributed by atoms with Crippen LogP contribution in [0.25, 0.3) is 5.70 Å². The van der Waals surface area contributed by atoms with Crippen molar-refractivity contribution in [1.29, 1.82) is 0 Å². The fourth-order valence-corrected chi connectivity index (χ4v) is 3.72. The van der Waals surface area contributed by atoms with Gasteiger partial charge in [0.15, 0.2) is 18.2 Å². The number of halogens is 2. The minimum absolute atomic E-state index is 0.0216. The second-order valence-electron chi connectivity index (χ2n) is 6.80. The van der Waals surface area contributed by atoms with Gasteiger partial charge in [-0.2, -0.15) is 0 Å². The SMILES string of the molecule is NC(=C(COC1CCC(O)CC1)C(=O)C1CC1)c1c(Cl)c[nH+]cc1Cl. The number of ketones is 1. The van der Waals surface area contributed by atoms with Crippen LogP contribution < -0.4 is 10.7 Å². The van der Waals surface area contributed by atoms with Gasteiger partial charge >= 0.3 is 0 Å². The molecule has 0 saturated heterocycles. The van der Waals surface area contributed by atoms with E-state index in [4.69, 9.17) is 33.7 Å². The maximum atomic E-state index is 12.7. The molecule has 0 bridgehead atoms. The largest absolute Gasteiger partial charge is 0.398 e. The Morgan fingerprint density at radius 3 is 2.32 bits per heavy atom. The minimum atomic E-state index is -0.244. The monoisotopic (exact) mass is 385 g/mol. The summed E-state index contributed by atoms with van der Waals surface area (Å²) >= 11 is 12.4. The van der Waals surface area contributed by atoms with Crippen LogP contribution in [0.15, 0.2) is 18.0 Å². The third kappa shape index (κ3) is 4.53. The van der Waals surface area contributed by atoms with E-state index in [0.717, 1.165) is 38.5 Å². The lowest BCUT2D eigenvalue weighted by atomic mass is 9.95. The number of carbonyl (C=O) groups is 1. The number of Topliss-reactive ketones (excluding diaryl/α,β-unsaturated/α-hetero) is 1. The van der Waals surface area contributed by atoms with Crippen LogP contribution in [0.5, 0.6) is 0 Å². The van der Waals surface area contributed by atoms with E-state index < -0.39 is 0 Å². The average Bonchev–Trinajstić information content (AvgIpc) is 3.41. The van der Waals surface area contributed by atoms with Gasteiger partial charge in [0.25, 0.3) is 0 Å². The lowest BCUT2D eigenvalue weighted by Crippen LogP contribution is -2.27. The van der Waals surface area contributed by atoms with Gasteiger partial charge < -0.3 is 15.6 Å². The summed E-state index contributed by atoms with van der Waals surface area (Å²) in [5.41, 5.74) is 7.50. The number of rotatable bonds is 6. The number of pyridine rings is 1. The van der Waals surface area contributed by atoms with E-state index in [1.807, 2.05) is 0 Å². The second kappa shape index (κ2) is 8.04. The molecule has 0 spiro atoms. The van der Waals surface area contributed by atoms with Crippen molar-refractivity contribution < 1.29 is 19.6 Å². The Hall–Kier alpha value is -1.14. The Morgan fingerprint density at radius 2 is 1.76 bits per heavy atom. The number of nitrogens with two attached hydrogens (primary N) is 1. The number of aromatic nitrogens is 1. The standard InChI is InChI=1S/C18H22Cl2N2O3/c19-14-7-22-8-15(20)16(14)17(21)13(18(24)10-1-2-10)9-25-12-5-3-11(23)4-6-12/h7-8,10-12,23H,1-6,9,21H2/p+1. The van der Waals surface area contributed by atoms with Crippen molar-refractivity contribution in [3.8, 4) is 0 Å². The summed E-state index contributed by atoms with van der Waals surface area (Å²) in [7, 11) is 0. The predicted octanol–water partition coefficient (Wildman–Crippen LogP) is 2.78. The van der Waals surface area contributed by atoms with Crippen LogP contribution in [0.3, 0.4) is 0 Å². The number of H-pyrrole nitrogens is 1. The topological polar surface area (TPSA) is 86.7 Å². The molecule has 7 heteroatoms. The molecule has 2 aliphatic rings. The summed E-state index contributed by atoms with van der Waals surface area (Å²) in [5.74, 6) is 0.0477. The molecule has 25 heavy (non-hydrogen) atoms. The molecule has 1 aromatic heterocycles. The number of aliphatic hydroxyl groups excluding tert-OH is 1. The predicted molar refractivity (Wildman–Crippen MR) is 96.1 cm³/mol. The van der Waals surface area contributed by atoms with Crippen LogP contribution in [0.4, 0.5) is 0 Å². The summed E-state index contributed by atoms with van der Waals surface area (Å²) in [4.78, 5) is 15.5. The van der Waals surface area contributed by atoms with Crippen molar-refractivity contribution in [2.45, 2.75) is 50.7 Å². The van der Waals surface area contributed by atoms with Crippen molar-refractivity contribution in [3.63, 3.8) is 0 Å². The summed E-state index contributed by atoms with van der Waals surface area (Å²) in [6.07, 6.45) is 7.74. The zero-order valence-electron chi connectivity index (χ0n) is 13.9. The molecule has 136 valence electrons. The van der Waals surface area contributed by atoms with Crippen LogP contribution in [0.2, 0.25) is 10.0 Å². The highest BCUT2D eigenvalue weighted by molar-refractivity contribution is 6.37. The molecule has 2 fully saturated rings. The van der Waals surface area contributed by atoms with E-state index in [9.17, 15) is 9.90 Å². The molecule has 0 aromatic carbocycles. The zero-order chi connectivity index (χ0) is 18.0. The summed E-state index contributed by atoms with van der Waals surface area (Å²) < 4.78 is 5.95. The molecule has 4 N–H and O–H groups in total. The normalized spacial score (nSPS) is 24.8. The Balaban J connectivity index is 1.82. The Bertz CT molecular complexity index is 661. The average molecular weight is 386 g/mol. The van der Waals surface area contributed by atoms with Crippen molar-refractivity contribution in [3.05, 3.63) is 33.6 Å². The third-order valence-corrected chi connectivity index (χ3v) is 5.44. The van der Waals surface area contributed by atoms with Gasteiger partial charge in [0.1, 0.15) is 10.0 Å². The summed E-state index contributed by atoms with van der Waals surface area (Å²) in [6.45, 7) is 0.146. The Kier molecular flexibility index (Phi) is 6.00. The molecular formula is C18H23Cl2N2O3+. The highest BCUT2D eigenvalue weighted by atomic mass is 35.5. The van der Waals surface area contributed by atoms with Crippen LogP contribution in [-0.2, 0) is 9.53 Å². The maximum absolute atomic E-state index is 12.7. The fraction of sp³-hybridized carbons (Fsp3) is 0.556. The molecule has 3 rings (SSSR count). The quantitative estimate of drug-likeness (QED) is 0.736. The van der Waals surface area contributed by atoms with E-state index >= 15 is 0 Å². The van der Waals surface area contributed by atoms with Crippen LogP contribution in [0.1, 0.15) is 44.1 Å². The molecule has 1 heterocycles. The van der Waals surface area contributed by atoms with Gasteiger partial charge in [0.2, 0.25) is 0 Å². The zero-order valence-corrected chi connectivity index (χ0v) is 15.4. The van der Waals surface area contributed by atoms with Gasteiger partial charge in [-0.25, -0.2) is 4.98 Å². The first kappa shape index (κ1) is 18.6. The second-order valence-corrected chi connectivity index (χ2v) is 7.61. The first-order valence-corrected chi connectivity index (χ1v) is 9.41. The number of carbonyl (C=O) groups excluding carboxylic acids is 1. The number of ether oxygens (including phenoxy) is 1. The minimum Gasteiger partial charge on any atom is -0.398 e. The van der Waals surface area contributed by atoms with E-state index in [0.29, 0.717) is 21.2 Å². The van der Waals surface area contributed by atoms with Crippen molar-refractivity contribution >= 4 is 34.7 Å². The molecule has 2 aliphatic carbocycles. The van der Waals surface area contributed by atoms with Crippen LogP contribution in [-0.4, -0.2) is 29.7 Å². The molecule has 0 aliphatic heterocycles. The lowest BCUT2D eigenvalue weighted by Gasteiger charge is -2.26. The molecule has 0 atom stereocenters. The van der Waals surface area contributed by atoms with Crippen LogP contribution in [0, 0.1) is 5.92 Å². The first-order valence-electron chi connectivity index (χ1n) is 8.65. The molecule has 0 radical (unpaired) electrons. The first-order chi connectivity index (χ1) is 12.0. The van der Waals surface area contributed by atoms with Gasteiger partial charge in [-0.15, -0.1) is 0 Å². The third-order valence-electron chi connectivity index (χ3n) is 4.84. The Labute approximate surface area is 157 Å². The molecule has 5 nitrogen and oxygen atoms in total. The highest BCUT2D eigenvalue weighted by Crippen LogP contribution is 2.36. The molecular weight excluding hydrogens is 363 g/mol. The van der Waals surface area contributed by atoms with E-state index in [1.54, 1.807) is 12.4 Å². The lowest BCUT2D eigenvalue weighted by molar-refractivity contribution is -0.377. The summed E-state index contributed by atoms with van der Waals surface area (Å²) in [6, 6.07) is 0. The summed E-state index contributed by atoms with van der Waals surface area (Å²) in [5, 5.41) is 10.3. The highest BCUT2D eigenvalue weighted by Gasteiger charge is 2.34. The molecule has 2 saturated carbocycles. The van der Waals surface area contributed by atoms with Gasteiger partial charge in [0, 0.05) is 17.1 Å². The van der Waals surface area contributed by atoms with E-state index in [2.05, 4.69) is 4.98 Å². The van der Waals surface area contributed by atoms with E-state index in [1.165, 1.54) is 0 Å². The number of aromatic amines is 1.